The number of halogens is 1. The number of esters is 1. The minimum absolute atomic E-state index is 0.0257. The van der Waals surface area contributed by atoms with Crippen LogP contribution in [0.25, 0.3) is 10.4 Å². The van der Waals surface area contributed by atoms with Gasteiger partial charge in [0.15, 0.2) is 5.78 Å². The highest BCUT2D eigenvalue weighted by molar-refractivity contribution is 9.10. The molecule has 0 N–H and O–H groups in total. The summed E-state index contributed by atoms with van der Waals surface area (Å²) in [6.45, 7) is 7.87. The molecular weight excluding hydrogens is 438 g/mol. The predicted octanol–water partition coefficient (Wildman–Crippen LogP) is 5.57. The Bertz CT molecular complexity index is 805. The van der Waals surface area contributed by atoms with Crippen molar-refractivity contribution in [3.63, 3.8) is 0 Å². The van der Waals surface area contributed by atoms with E-state index in [-0.39, 0.29) is 35.4 Å². The molecule has 1 aromatic carbocycles. The number of ketones is 1. The summed E-state index contributed by atoms with van der Waals surface area (Å²) in [5, 5.41) is 3.90. The molecule has 0 radical (unpaired) electrons. The summed E-state index contributed by atoms with van der Waals surface area (Å²) in [5.74, 6) is -0.0472. The Kier molecular flexibility index (Phi) is 8.11. The van der Waals surface area contributed by atoms with Crippen molar-refractivity contribution in [1.82, 2.24) is 0 Å². The standard InChI is InChI=1S/C21H28BrN3O4/c1-11(2)14(20(26)13-6-7-18(28-5)16(22)8-13)9-17(24-25-23)19-10-15(12(3)4)21(27)29-19/h6-8,11-12,14-15,17,19H,9-10H2,1-5H3/t14-,15-,17-,19-/m0/s1. The summed E-state index contributed by atoms with van der Waals surface area (Å²) < 4.78 is 11.5. The van der Waals surface area contributed by atoms with Gasteiger partial charge in [-0.2, -0.15) is 0 Å². The highest BCUT2D eigenvalue weighted by atomic mass is 79.9. The molecule has 8 heteroatoms. The zero-order valence-corrected chi connectivity index (χ0v) is 19.0. The van der Waals surface area contributed by atoms with Crippen LogP contribution in [-0.2, 0) is 9.53 Å². The zero-order chi connectivity index (χ0) is 21.7. The zero-order valence-electron chi connectivity index (χ0n) is 17.5. The SMILES string of the molecule is COc1ccc(C(=O)[C@@H](C[C@H](N=[N+]=[N-])[C@@H]2C[C@@H](C(C)C)C(=O)O2)C(C)C)cc1Br. The molecule has 1 aliphatic heterocycles. The van der Waals surface area contributed by atoms with Gasteiger partial charge in [-0.3, -0.25) is 9.59 Å². The van der Waals surface area contributed by atoms with Gasteiger partial charge < -0.3 is 9.47 Å². The second-order valence-electron chi connectivity index (χ2n) is 8.13. The second kappa shape index (κ2) is 10.1. The number of azide groups is 1. The third kappa shape index (κ3) is 5.52. The van der Waals surface area contributed by atoms with Gasteiger partial charge in [-0.05, 0) is 64.3 Å². The Hall–Kier alpha value is -2.05. The van der Waals surface area contributed by atoms with E-state index in [0.29, 0.717) is 28.6 Å². The average molecular weight is 466 g/mol. The van der Waals surface area contributed by atoms with Gasteiger partial charge in [-0.1, -0.05) is 32.8 Å². The molecule has 158 valence electrons. The molecule has 2 rings (SSSR count). The summed E-state index contributed by atoms with van der Waals surface area (Å²) in [6, 6.07) is 4.63. The molecule has 1 heterocycles. The van der Waals surface area contributed by atoms with Gasteiger partial charge in [0.25, 0.3) is 0 Å². The van der Waals surface area contributed by atoms with Crippen LogP contribution >= 0.6 is 15.9 Å². The number of Topliss-reactive ketones (excluding diaryl/α,β-unsaturated/α-hetero) is 1. The molecule has 0 saturated carbocycles. The van der Waals surface area contributed by atoms with Gasteiger partial charge in [0, 0.05) is 16.4 Å². The van der Waals surface area contributed by atoms with Gasteiger partial charge in [0.2, 0.25) is 0 Å². The van der Waals surface area contributed by atoms with E-state index in [1.807, 2.05) is 27.7 Å². The minimum atomic E-state index is -0.578. The lowest BCUT2D eigenvalue weighted by Crippen LogP contribution is -2.31. The molecule has 7 nitrogen and oxygen atoms in total. The van der Waals surface area contributed by atoms with E-state index in [1.165, 1.54) is 0 Å². The number of benzene rings is 1. The van der Waals surface area contributed by atoms with Gasteiger partial charge >= 0.3 is 5.97 Å². The average Bonchev–Trinajstić information content (AvgIpc) is 3.06. The van der Waals surface area contributed by atoms with Gasteiger partial charge in [-0.25, -0.2) is 0 Å². The summed E-state index contributed by atoms with van der Waals surface area (Å²) in [7, 11) is 1.57. The molecule has 0 bridgehead atoms. The minimum Gasteiger partial charge on any atom is -0.496 e. The molecule has 0 spiro atoms. The Morgan fingerprint density at radius 1 is 1.38 bits per heavy atom. The van der Waals surface area contributed by atoms with Crippen molar-refractivity contribution in [3.8, 4) is 5.75 Å². The van der Waals surface area contributed by atoms with Crippen LogP contribution in [0.1, 0.15) is 50.9 Å². The summed E-state index contributed by atoms with van der Waals surface area (Å²) in [6.07, 6.45) is 0.336. The van der Waals surface area contributed by atoms with Crippen LogP contribution in [0.3, 0.4) is 0 Å². The van der Waals surface area contributed by atoms with Crippen molar-refractivity contribution < 1.29 is 19.1 Å². The van der Waals surface area contributed by atoms with Crippen molar-refractivity contribution >= 4 is 27.7 Å². The Labute approximate surface area is 179 Å². The summed E-state index contributed by atoms with van der Waals surface area (Å²) in [4.78, 5) is 28.3. The van der Waals surface area contributed by atoms with Crippen molar-refractivity contribution in [2.45, 2.75) is 52.7 Å². The number of hydrogen-bond acceptors (Lipinski definition) is 5. The van der Waals surface area contributed by atoms with Crippen molar-refractivity contribution in [3.05, 3.63) is 38.7 Å². The van der Waals surface area contributed by atoms with Crippen LogP contribution in [0.2, 0.25) is 0 Å². The monoisotopic (exact) mass is 465 g/mol. The van der Waals surface area contributed by atoms with Crippen molar-refractivity contribution in [2.75, 3.05) is 7.11 Å². The lowest BCUT2D eigenvalue weighted by atomic mass is 9.81. The smallest absolute Gasteiger partial charge is 0.309 e. The van der Waals surface area contributed by atoms with Gasteiger partial charge in [-0.15, -0.1) is 0 Å². The Morgan fingerprint density at radius 2 is 2.07 bits per heavy atom. The lowest BCUT2D eigenvalue weighted by Gasteiger charge is -2.26. The first-order chi connectivity index (χ1) is 13.7. The summed E-state index contributed by atoms with van der Waals surface area (Å²) >= 11 is 3.42. The van der Waals surface area contributed by atoms with Crippen LogP contribution in [0.15, 0.2) is 27.8 Å². The van der Waals surface area contributed by atoms with E-state index in [2.05, 4.69) is 26.0 Å². The maximum absolute atomic E-state index is 13.2. The van der Waals surface area contributed by atoms with E-state index >= 15 is 0 Å². The lowest BCUT2D eigenvalue weighted by molar-refractivity contribution is -0.145. The Balaban J connectivity index is 2.24. The number of carbonyl (C=O) groups excluding carboxylic acids is 2. The molecule has 0 aromatic heterocycles. The third-order valence-electron chi connectivity index (χ3n) is 5.56. The quantitative estimate of drug-likeness (QED) is 0.156. The van der Waals surface area contributed by atoms with E-state index in [0.717, 1.165) is 0 Å². The number of hydrogen-bond donors (Lipinski definition) is 0. The molecule has 1 aliphatic rings. The fourth-order valence-corrected chi connectivity index (χ4v) is 4.27. The van der Waals surface area contributed by atoms with Crippen molar-refractivity contribution in [2.24, 2.45) is 28.8 Å². The first kappa shape index (κ1) is 23.2. The normalized spacial score (nSPS) is 20.9. The van der Waals surface area contributed by atoms with Crippen LogP contribution in [0.4, 0.5) is 0 Å². The van der Waals surface area contributed by atoms with Crippen LogP contribution in [-0.4, -0.2) is 31.0 Å². The highest BCUT2D eigenvalue weighted by Gasteiger charge is 2.41. The van der Waals surface area contributed by atoms with Crippen LogP contribution < -0.4 is 4.74 Å². The molecule has 0 aliphatic carbocycles. The number of methoxy groups -OCH3 is 1. The van der Waals surface area contributed by atoms with E-state index in [1.54, 1.807) is 25.3 Å². The number of carbonyl (C=O) groups is 2. The topological polar surface area (TPSA) is 101 Å². The largest absolute Gasteiger partial charge is 0.496 e. The van der Waals surface area contributed by atoms with E-state index in [9.17, 15) is 9.59 Å². The Morgan fingerprint density at radius 3 is 2.55 bits per heavy atom. The summed E-state index contributed by atoms with van der Waals surface area (Å²) in [5.41, 5.74) is 9.61. The molecular formula is C21H28BrN3O4. The molecule has 1 fully saturated rings. The molecule has 0 amide bonds. The van der Waals surface area contributed by atoms with Gasteiger partial charge in [0.1, 0.15) is 11.9 Å². The molecule has 29 heavy (non-hydrogen) atoms. The highest BCUT2D eigenvalue weighted by Crippen LogP contribution is 2.35. The predicted molar refractivity (Wildman–Crippen MR) is 114 cm³/mol. The third-order valence-corrected chi connectivity index (χ3v) is 6.18. The first-order valence-electron chi connectivity index (χ1n) is 9.82. The first-order valence-corrected chi connectivity index (χ1v) is 10.6. The molecule has 0 unspecified atom stereocenters. The molecule has 1 saturated heterocycles. The molecule has 1 aromatic rings. The number of cyclic esters (lactones) is 1. The number of rotatable bonds is 9. The van der Waals surface area contributed by atoms with Crippen LogP contribution in [0.5, 0.6) is 5.75 Å². The van der Waals surface area contributed by atoms with Crippen molar-refractivity contribution in [1.29, 1.82) is 0 Å². The van der Waals surface area contributed by atoms with E-state index in [4.69, 9.17) is 15.0 Å². The molecule has 4 atom stereocenters. The van der Waals surface area contributed by atoms with Crippen LogP contribution in [0, 0.1) is 23.7 Å². The fraction of sp³-hybridized carbons (Fsp3) is 0.619. The number of nitrogens with zero attached hydrogens (tertiary/aromatic N) is 3. The maximum Gasteiger partial charge on any atom is 0.309 e. The fourth-order valence-electron chi connectivity index (χ4n) is 3.73. The van der Waals surface area contributed by atoms with E-state index < -0.39 is 12.1 Å². The second-order valence-corrected chi connectivity index (χ2v) is 8.99. The van der Waals surface area contributed by atoms with Gasteiger partial charge in [0.05, 0.1) is 23.5 Å². The number of ether oxygens (including phenoxy) is 2. The maximum atomic E-state index is 13.2.